The van der Waals surface area contributed by atoms with Crippen molar-refractivity contribution in [1.82, 2.24) is 14.9 Å². The number of fused-ring (bicyclic) bond motifs is 3. The molecule has 1 aliphatic rings. The van der Waals surface area contributed by atoms with E-state index in [2.05, 4.69) is 9.97 Å². The van der Waals surface area contributed by atoms with Crippen LogP contribution in [0, 0.1) is 0 Å². The molecule has 0 saturated heterocycles. The number of thiophene rings is 1. The predicted molar refractivity (Wildman–Crippen MR) is 100 cm³/mol. The third-order valence-electron chi connectivity index (χ3n) is 4.71. The number of likely N-dealkylation sites (N-methyl/N-ethyl adjacent to an activating group) is 1. The van der Waals surface area contributed by atoms with Crippen LogP contribution in [0.5, 0.6) is 0 Å². The van der Waals surface area contributed by atoms with Crippen molar-refractivity contribution in [3.63, 3.8) is 0 Å². The molecule has 2 N–H and O–H groups in total. The molecule has 0 saturated carbocycles. The third-order valence-corrected chi connectivity index (χ3v) is 5.90. The molecular formula is C19H21N3O2S. The van der Waals surface area contributed by atoms with Crippen molar-refractivity contribution in [3.8, 4) is 0 Å². The zero-order chi connectivity index (χ0) is 17.4. The topological polar surface area (TPSA) is 69.2 Å². The molecule has 1 atom stereocenters. The van der Waals surface area contributed by atoms with Crippen LogP contribution in [0.3, 0.4) is 0 Å². The first-order valence-electron chi connectivity index (χ1n) is 8.57. The maximum atomic E-state index is 12.5. The van der Waals surface area contributed by atoms with Crippen LogP contribution < -0.4 is 5.56 Å². The molecule has 0 aliphatic heterocycles. The van der Waals surface area contributed by atoms with E-state index in [4.69, 9.17) is 0 Å². The Morgan fingerprint density at radius 3 is 2.92 bits per heavy atom. The lowest BCUT2D eigenvalue weighted by atomic mass is 10.1. The Hall–Kier alpha value is -2.02. The fourth-order valence-electron chi connectivity index (χ4n) is 3.52. The molecule has 1 aliphatic carbocycles. The van der Waals surface area contributed by atoms with E-state index in [1.54, 1.807) is 11.3 Å². The molecule has 0 spiro atoms. The first-order valence-corrected chi connectivity index (χ1v) is 9.38. The highest BCUT2D eigenvalue weighted by Crippen LogP contribution is 2.34. The molecular weight excluding hydrogens is 334 g/mol. The first-order chi connectivity index (χ1) is 12.1. The average Bonchev–Trinajstić information content (AvgIpc) is 3.15. The van der Waals surface area contributed by atoms with Gasteiger partial charge in [0, 0.05) is 11.4 Å². The molecule has 0 fully saturated rings. The van der Waals surface area contributed by atoms with Crippen LogP contribution >= 0.6 is 11.3 Å². The number of benzene rings is 1. The Morgan fingerprint density at radius 2 is 2.12 bits per heavy atom. The second kappa shape index (κ2) is 6.71. The van der Waals surface area contributed by atoms with E-state index < -0.39 is 6.10 Å². The zero-order valence-electron chi connectivity index (χ0n) is 14.2. The van der Waals surface area contributed by atoms with E-state index in [1.165, 1.54) is 10.4 Å². The van der Waals surface area contributed by atoms with Gasteiger partial charge in [-0.2, -0.15) is 0 Å². The van der Waals surface area contributed by atoms with E-state index >= 15 is 0 Å². The number of aryl methyl sites for hydroxylation is 2. The molecule has 6 heteroatoms. The van der Waals surface area contributed by atoms with E-state index in [1.807, 2.05) is 42.3 Å². The lowest BCUT2D eigenvalue weighted by Crippen LogP contribution is -2.26. The largest absolute Gasteiger partial charge is 0.387 e. The smallest absolute Gasteiger partial charge is 0.259 e. The summed E-state index contributed by atoms with van der Waals surface area (Å²) >= 11 is 1.65. The summed E-state index contributed by atoms with van der Waals surface area (Å²) in [5.74, 6) is 0.653. The predicted octanol–water partition coefficient (Wildman–Crippen LogP) is 2.64. The van der Waals surface area contributed by atoms with Crippen LogP contribution in [-0.4, -0.2) is 33.6 Å². The number of hydrogen-bond acceptors (Lipinski definition) is 5. The summed E-state index contributed by atoms with van der Waals surface area (Å²) < 4.78 is 0. The van der Waals surface area contributed by atoms with Crippen LogP contribution in [0.25, 0.3) is 10.2 Å². The van der Waals surface area contributed by atoms with Gasteiger partial charge in [-0.25, -0.2) is 4.98 Å². The molecule has 2 heterocycles. The van der Waals surface area contributed by atoms with Gasteiger partial charge in [-0.15, -0.1) is 11.3 Å². The van der Waals surface area contributed by atoms with Crippen molar-refractivity contribution in [2.75, 3.05) is 13.6 Å². The summed E-state index contributed by atoms with van der Waals surface area (Å²) in [6, 6.07) is 9.60. The second-order valence-corrected chi connectivity index (χ2v) is 7.76. The fraction of sp³-hybridized carbons (Fsp3) is 0.368. The second-order valence-electron chi connectivity index (χ2n) is 6.67. The van der Waals surface area contributed by atoms with Crippen molar-refractivity contribution in [2.24, 2.45) is 0 Å². The molecule has 0 amide bonds. The van der Waals surface area contributed by atoms with Crippen LogP contribution in [0.4, 0.5) is 0 Å². The van der Waals surface area contributed by atoms with Gasteiger partial charge in [-0.05, 0) is 37.4 Å². The molecule has 0 bridgehead atoms. The fourth-order valence-corrected chi connectivity index (χ4v) is 4.80. The van der Waals surface area contributed by atoms with Crippen molar-refractivity contribution < 1.29 is 5.11 Å². The Bertz CT molecular complexity index is 948. The van der Waals surface area contributed by atoms with Crippen LogP contribution in [0.15, 0.2) is 35.1 Å². The summed E-state index contributed by atoms with van der Waals surface area (Å²) in [6.07, 6.45) is 2.63. The lowest BCUT2D eigenvalue weighted by Gasteiger charge is -2.20. The van der Waals surface area contributed by atoms with Crippen LogP contribution in [0.1, 0.15) is 34.4 Å². The van der Waals surface area contributed by atoms with Gasteiger partial charge >= 0.3 is 0 Å². The molecule has 130 valence electrons. The van der Waals surface area contributed by atoms with Crippen molar-refractivity contribution >= 4 is 21.6 Å². The quantitative estimate of drug-likeness (QED) is 0.738. The highest BCUT2D eigenvalue weighted by atomic mass is 32.1. The SMILES string of the molecule is CN(Cc1nc2sc3c(c2c(=O)[nH]1)CCC3)C[C@@H](O)c1ccccc1. The van der Waals surface area contributed by atoms with Crippen LogP contribution in [-0.2, 0) is 19.4 Å². The number of hydrogen-bond donors (Lipinski definition) is 2. The van der Waals surface area contributed by atoms with Gasteiger partial charge < -0.3 is 10.1 Å². The average molecular weight is 355 g/mol. The summed E-state index contributed by atoms with van der Waals surface area (Å²) in [5, 5.41) is 11.1. The number of aromatic nitrogens is 2. The van der Waals surface area contributed by atoms with Gasteiger partial charge in [0.05, 0.1) is 18.0 Å². The minimum Gasteiger partial charge on any atom is -0.387 e. The normalized spacial score (nSPS) is 15.0. The number of nitrogens with one attached hydrogen (secondary N) is 1. The minimum atomic E-state index is -0.563. The van der Waals surface area contributed by atoms with Gasteiger partial charge in [0.1, 0.15) is 10.7 Å². The number of aromatic amines is 1. The molecule has 0 unspecified atom stereocenters. The molecule has 0 radical (unpaired) electrons. The van der Waals surface area contributed by atoms with E-state index in [-0.39, 0.29) is 5.56 Å². The number of nitrogens with zero attached hydrogens (tertiary/aromatic N) is 2. The number of aliphatic hydroxyl groups excluding tert-OH is 1. The van der Waals surface area contributed by atoms with Gasteiger partial charge in [0.25, 0.3) is 5.56 Å². The monoisotopic (exact) mass is 355 g/mol. The summed E-state index contributed by atoms with van der Waals surface area (Å²) in [7, 11) is 1.92. The highest BCUT2D eigenvalue weighted by Gasteiger charge is 2.21. The highest BCUT2D eigenvalue weighted by molar-refractivity contribution is 7.18. The Labute approximate surface area is 150 Å². The maximum absolute atomic E-state index is 12.5. The molecule has 5 nitrogen and oxygen atoms in total. The van der Waals surface area contributed by atoms with Crippen molar-refractivity contribution in [3.05, 3.63) is 62.5 Å². The molecule has 4 rings (SSSR count). The van der Waals surface area contributed by atoms with Gasteiger partial charge in [-0.3, -0.25) is 9.69 Å². The maximum Gasteiger partial charge on any atom is 0.259 e. The van der Waals surface area contributed by atoms with Gasteiger partial charge in [0.15, 0.2) is 0 Å². The minimum absolute atomic E-state index is 0.0311. The summed E-state index contributed by atoms with van der Waals surface area (Å²) in [5.41, 5.74) is 2.06. The zero-order valence-corrected chi connectivity index (χ0v) is 15.0. The van der Waals surface area contributed by atoms with Crippen LogP contribution in [0.2, 0.25) is 0 Å². The van der Waals surface area contributed by atoms with E-state index in [0.717, 1.165) is 35.0 Å². The molecule has 3 aromatic rings. The Kier molecular flexibility index (Phi) is 4.41. The van der Waals surface area contributed by atoms with Crippen molar-refractivity contribution in [2.45, 2.75) is 31.9 Å². The Balaban J connectivity index is 1.51. The Morgan fingerprint density at radius 1 is 1.32 bits per heavy atom. The van der Waals surface area contributed by atoms with E-state index in [0.29, 0.717) is 18.9 Å². The molecule has 2 aromatic heterocycles. The third kappa shape index (κ3) is 3.25. The van der Waals surface area contributed by atoms with Crippen molar-refractivity contribution in [1.29, 1.82) is 0 Å². The first kappa shape index (κ1) is 16.4. The molecule has 25 heavy (non-hydrogen) atoms. The number of H-pyrrole nitrogens is 1. The molecule has 1 aromatic carbocycles. The standard InChI is InChI=1S/C19H21N3O2S/c1-22(10-14(23)12-6-3-2-4-7-12)11-16-20-18(24)17-13-8-5-9-15(13)25-19(17)21-16/h2-4,6-7,14,23H,5,8-11H2,1H3,(H,20,21,24)/t14-/m1/s1. The lowest BCUT2D eigenvalue weighted by molar-refractivity contribution is 0.122. The summed E-state index contributed by atoms with van der Waals surface area (Å²) in [6.45, 7) is 0.977. The summed E-state index contributed by atoms with van der Waals surface area (Å²) in [4.78, 5) is 24.2. The van der Waals surface area contributed by atoms with Gasteiger partial charge in [0.2, 0.25) is 0 Å². The number of aliphatic hydroxyl groups is 1. The van der Waals surface area contributed by atoms with Gasteiger partial charge in [-0.1, -0.05) is 30.3 Å². The number of rotatable bonds is 5. The van der Waals surface area contributed by atoms with E-state index in [9.17, 15) is 9.90 Å².